The largest absolute Gasteiger partial charge is 0.497 e. The molecule has 0 N–H and O–H groups in total. The molecule has 0 saturated carbocycles. The summed E-state index contributed by atoms with van der Waals surface area (Å²) in [6.45, 7) is 3.66. The van der Waals surface area contributed by atoms with Gasteiger partial charge < -0.3 is 4.74 Å². The lowest BCUT2D eigenvalue weighted by atomic mass is 10.1. The van der Waals surface area contributed by atoms with Gasteiger partial charge in [0.1, 0.15) is 5.75 Å². The van der Waals surface area contributed by atoms with Crippen molar-refractivity contribution >= 4 is 16.8 Å². The Morgan fingerprint density at radius 2 is 1.81 bits per heavy atom. The molecule has 1 nitrogen and oxygen atoms in total. The molecule has 0 amide bonds. The third-order valence-electron chi connectivity index (χ3n) is 2.50. The molecule has 0 bridgehead atoms. The Kier molecular flexibility index (Phi) is 3.06. The predicted molar refractivity (Wildman–Crippen MR) is 69.7 cm³/mol. The van der Waals surface area contributed by atoms with Gasteiger partial charge in [0.2, 0.25) is 0 Å². The molecule has 0 radical (unpaired) electrons. The van der Waals surface area contributed by atoms with E-state index < -0.39 is 0 Å². The quantitative estimate of drug-likeness (QED) is 0.694. The average Bonchev–Trinajstić information content (AvgIpc) is 2.35. The number of benzene rings is 2. The fraction of sp³-hybridized carbons (Fsp3) is 0.0667. The van der Waals surface area contributed by atoms with Crippen molar-refractivity contribution < 1.29 is 4.74 Å². The van der Waals surface area contributed by atoms with Gasteiger partial charge in [-0.3, -0.25) is 0 Å². The first-order chi connectivity index (χ1) is 7.83. The van der Waals surface area contributed by atoms with Crippen LogP contribution in [-0.4, -0.2) is 7.11 Å². The van der Waals surface area contributed by atoms with Gasteiger partial charge in [0.25, 0.3) is 0 Å². The van der Waals surface area contributed by atoms with Gasteiger partial charge in [0, 0.05) is 0 Å². The van der Waals surface area contributed by atoms with E-state index >= 15 is 0 Å². The third-order valence-corrected chi connectivity index (χ3v) is 2.50. The zero-order valence-corrected chi connectivity index (χ0v) is 9.31. The van der Waals surface area contributed by atoms with Crippen LogP contribution in [0.5, 0.6) is 5.75 Å². The third kappa shape index (κ3) is 2.14. The minimum absolute atomic E-state index is 0.891. The molecular weight excluding hydrogens is 196 g/mol. The van der Waals surface area contributed by atoms with E-state index in [-0.39, 0.29) is 0 Å². The van der Waals surface area contributed by atoms with Crippen LogP contribution in [-0.2, 0) is 0 Å². The minimum atomic E-state index is 0.891. The summed E-state index contributed by atoms with van der Waals surface area (Å²) in [6.07, 6.45) is 5.75. The van der Waals surface area contributed by atoms with Gasteiger partial charge in [0.05, 0.1) is 7.11 Å². The van der Waals surface area contributed by atoms with Gasteiger partial charge in [-0.15, -0.1) is 0 Å². The smallest absolute Gasteiger partial charge is 0.119 e. The van der Waals surface area contributed by atoms with E-state index in [0.717, 1.165) is 5.75 Å². The van der Waals surface area contributed by atoms with E-state index in [9.17, 15) is 0 Å². The van der Waals surface area contributed by atoms with Crippen LogP contribution in [0.4, 0.5) is 0 Å². The number of ether oxygens (including phenoxy) is 1. The monoisotopic (exact) mass is 210 g/mol. The first kappa shape index (κ1) is 10.5. The average molecular weight is 210 g/mol. The van der Waals surface area contributed by atoms with Gasteiger partial charge in [-0.2, -0.15) is 0 Å². The van der Waals surface area contributed by atoms with Crippen LogP contribution in [0.25, 0.3) is 16.8 Å². The maximum absolute atomic E-state index is 5.19. The molecule has 2 rings (SSSR count). The maximum atomic E-state index is 5.19. The van der Waals surface area contributed by atoms with Crippen molar-refractivity contribution in [2.75, 3.05) is 7.11 Å². The summed E-state index contributed by atoms with van der Waals surface area (Å²) >= 11 is 0. The molecule has 0 unspecified atom stereocenters. The fourth-order valence-electron chi connectivity index (χ4n) is 1.65. The molecular formula is C15H14O. The van der Waals surface area contributed by atoms with Crippen molar-refractivity contribution in [3.63, 3.8) is 0 Å². The van der Waals surface area contributed by atoms with E-state index in [1.165, 1.54) is 16.3 Å². The molecule has 0 spiro atoms. The summed E-state index contributed by atoms with van der Waals surface area (Å²) in [5.41, 5.74) is 1.18. The summed E-state index contributed by atoms with van der Waals surface area (Å²) in [7, 11) is 1.68. The lowest BCUT2D eigenvalue weighted by molar-refractivity contribution is 0.415. The first-order valence-electron chi connectivity index (χ1n) is 5.20. The maximum Gasteiger partial charge on any atom is 0.119 e. The second kappa shape index (κ2) is 4.67. The first-order valence-corrected chi connectivity index (χ1v) is 5.20. The molecule has 0 aliphatic rings. The van der Waals surface area contributed by atoms with Gasteiger partial charge in [0.15, 0.2) is 0 Å². The molecule has 2 aromatic rings. The van der Waals surface area contributed by atoms with Crippen LogP contribution in [0.1, 0.15) is 5.56 Å². The summed E-state index contributed by atoms with van der Waals surface area (Å²) in [5, 5.41) is 2.40. The lowest BCUT2D eigenvalue weighted by Gasteiger charge is -2.03. The second-order valence-electron chi connectivity index (χ2n) is 3.57. The van der Waals surface area contributed by atoms with Gasteiger partial charge in [-0.05, 0) is 34.5 Å². The van der Waals surface area contributed by atoms with Crippen LogP contribution < -0.4 is 4.74 Å². The molecule has 0 fully saturated rings. The van der Waals surface area contributed by atoms with Crippen LogP contribution >= 0.6 is 0 Å². The standard InChI is InChI=1S/C15H14O/c1-3-4-5-12-6-7-14-11-15(16-2)9-8-13(14)10-12/h3-11H,1H2,2H3/b5-4+. The lowest BCUT2D eigenvalue weighted by Crippen LogP contribution is -1.82. The van der Waals surface area contributed by atoms with E-state index in [1.54, 1.807) is 13.2 Å². The molecule has 2 aromatic carbocycles. The number of fused-ring (bicyclic) bond motifs is 1. The van der Waals surface area contributed by atoms with Crippen LogP contribution in [0.2, 0.25) is 0 Å². The van der Waals surface area contributed by atoms with Crippen molar-refractivity contribution in [1.29, 1.82) is 0 Å². The SMILES string of the molecule is C=C/C=C/c1ccc2cc(OC)ccc2c1. The highest BCUT2D eigenvalue weighted by Gasteiger charge is 1.96. The van der Waals surface area contributed by atoms with Crippen LogP contribution in [0.15, 0.2) is 55.1 Å². The summed E-state index contributed by atoms with van der Waals surface area (Å²) in [4.78, 5) is 0. The Labute approximate surface area is 95.7 Å². The van der Waals surface area contributed by atoms with Gasteiger partial charge in [-0.25, -0.2) is 0 Å². The fourth-order valence-corrected chi connectivity index (χ4v) is 1.65. The molecule has 1 heteroatoms. The summed E-state index contributed by atoms with van der Waals surface area (Å²) < 4.78 is 5.19. The Morgan fingerprint density at radius 1 is 1.06 bits per heavy atom. The summed E-state index contributed by atoms with van der Waals surface area (Å²) in [6, 6.07) is 12.4. The van der Waals surface area contributed by atoms with Crippen molar-refractivity contribution in [2.24, 2.45) is 0 Å². The number of hydrogen-bond donors (Lipinski definition) is 0. The molecule has 0 aliphatic heterocycles. The van der Waals surface area contributed by atoms with Crippen molar-refractivity contribution in [1.82, 2.24) is 0 Å². The van der Waals surface area contributed by atoms with E-state index in [2.05, 4.69) is 30.8 Å². The van der Waals surface area contributed by atoms with Crippen molar-refractivity contribution in [3.05, 3.63) is 60.7 Å². The highest BCUT2D eigenvalue weighted by atomic mass is 16.5. The Morgan fingerprint density at radius 3 is 2.56 bits per heavy atom. The van der Waals surface area contributed by atoms with Crippen molar-refractivity contribution in [3.8, 4) is 5.75 Å². The highest BCUT2D eigenvalue weighted by Crippen LogP contribution is 2.22. The summed E-state index contributed by atoms with van der Waals surface area (Å²) in [5.74, 6) is 0.891. The zero-order chi connectivity index (χ0) is 11.4. The van der Waals surface area contributed by atoms with Crippen LogP contribution in [0.3, 0.4) is 0 Å². The van der Waals surface area contributed by atoms with Gasteiger partial charge >= 0.3 is 0 Å². The highest BCUT2D eigenvalue weighted by molar-refractivity contribution is 5.86. The molecule has 0 saturated heterocycles. The molecule has 0 atom stereocenters. The molecule has 16 heavy (non-hydrogen) atoms. The Bertz CT molecular complexity index is 538. The zero-order valence-electron chi connectivity index (χ0n) is 9.31. The normalized spacial score (nSPS) is 10.8. The van der Waals surface area contributed by atoms with Crippen molar-refractivity contribution in [2.45, 2.75) is 0 Å². The Balaban J connectivity index is 2.47. The number of allylic oxidation sites excluding steroid dienone is 2. The second-order valence-corrected chi connectivity index (χ2v) is 3.57. The topological polar surface area (TPSA) is 9.23 Å². The minimum Gasteiger partial charge on any atom is -0.497 e. The number of methoxy groups -OCH3 is 1. The number of hydrogen-bond acceptors (Lipinski definition) is 1. The predicted octanol–water partition coefficient (Wildman–Crippen LogP) is 4.05. The van der Waals surface area contributed by atoms with Crippen LogP contribution in [0, 0.1) is 0 Å². The number of rotatable bonds is 3. The van der Waals surface area contributed by atoms with E-state index in [4.69, 9.17) is 4.74 Å². The molecule has 0 aliphatic carbocycles. The Hall–Kier alpha value is -2.02. The molecule has 80 valence electrons. The molecule has 0 aromatic heterocycles. The van der Waals surface area contributed by atoms with E-state index in [0.29, 0.717) is 0 Å². The van der Waals surface area contributed by atoms with E-state index in [1.807, 2.05) is 24.3 Å². The molecule has 0 heterocycles. The van der Waals surface area contributed by atoms with Gasteiger partial charge in [-0.1, -0.05) is 43.0 Å².